The second-order valence-electron chi connectivity index (χ2n) is 7.09. The summed E-state index contributed by atoms with van der Waals surface area (Å²) in [5, 5.41) is 3.96. The van der Waals surface area contributed by atoms with Gasteiger partial charge in [-0.1, -0.05) is 23.4 Å². The van der Waals surface area contributed by atoms with E-state index in [2.05, 4.69) is 19.9 Å². The summed E-state index contributed by atoms with van der Waals surface area (Å²) in [4.78, 5) is 8.57. The van der Waals surface area contributed by atoms with Crippen molar-refractivity contribution in [2.75, 3.05) is 0 Å². The predicted octanol–water partition coefficient (Wildman–Crippen LogP) is 5.63. The molecule has 0 unspecified atom stereocenters. The molecular formula is C23H14F4N4O2. The van der Waals surface area contributed by atoms with Crippen LogP contribution in [-0.2, 0) is 6.54 Å². The summed E-state index contributed by atoms with van der Waals surface area (Å²) in [6.07, 6.45) is 3.40. The quantitative estimate of drug-likeness (QED) is 0.311. The fourth-order valence-corrected chi connectivity index (χ4v) is 3.42. The zero-order valence-corrected chi connectivity index (χ0v) is 16.8. The topological polar surface area (TPSA) is 66.0 Å². The lowest BCUT2D eigenvalue weighted by molar-refractivity contribution is -0.0494. The average Bonchev–Trinajstić information content (AvgIpc) is 3.42. The van der Waals surface area contributed by atoms with Crippen LogP contribution in [0, 0.1) is 11.6 Å². The van der Waals surface area contributed by atoms with Crippen LogP contribution in [0.2, 0.25) is 0 Å². The molecule has 5 rings (SSSR count). The number of hydrogen-bond donors (Lipinski definition) is 0. The van der Waals surface area contributed by atoms with Crippen molar-refractivity contribution in [3.05, 3.63) is 84.4 Å². The zero-order chi connectivity index (χ0) is 22.9. The third kappa shape index (κ3) is 4.14. The molecule has 6 nitrogen and oxygen atoms in total. The van der Waals surface area contributed by atoms with E-state index >= 15 is 0 Å². The number of nitrogens with zero attached hydrogens (tertiary/aromatic N) is 4. The monoisotopic (exact) mass is 454 g/mol. The molecule has 0 spiro atoms. The van der Waals surface area contributed by atoms with Gasteiger partial charge in [0.25, 0.3) is 0 Å². The predicted molar refractivity (Wildman–Crippen MR) is 110 cm³/mol. The first-order chi connectivity index (χ1) is 16.0. The molecule has 33 heavy (non-hydrogen) atoms. The standard InChI is InChI=1S/C23H14F4N4O2/c24-16-6-3-5-15(21(16)25)22-28-17-8-9-31(12-19(17)29-22)11-13-10-18(30-33-13)14-4-1-2-7-20(14)32-23(26)27/h1-10,12,23H,11H2. The normalized spacial score (nSPS) is 11.4. The van der Waals surface area contributed by atoms with Crippen molar-refractivity contribution in [2.24, 2.45) is 0 Å². The van der Waals surface area contributed by atoms with Crippen LogP contribution < -0.4 is 4.74 Å². The van der Waals surface area contributed by atoms with Gasteiger partial charge in [-0.05, 0) is 30.3 Å². The number of pyridine rings is 1. The number of alkyl halides is 2. The molecule has 0 atom stereocenters. The molecule has 166 valence electrons. The van der Waals surface area contributed by atoms with E-state index in [-0.39, 0.29) is 23.7 Å². The van der Waals surface area contributed by atoms with Gasteiger partial charge < -0.3 is 13.8 Å². The number of fused-ring (bicyclic) bond motifs is 1. The molecule has 0 radical (unpaired) electrons. The van der Waals surface area contributed by atoms with Gasteiger partial charge in [0, 0.05) is 24.0 Å². The first-order valence-electron chi connectivity index (χ1n) is 9.75. The summed E-state index contributed by atoms with van der Waals surface area (Å²) in [5.41, 5.74) is 1.69. The number of para-hydroxylation sites is 1. The maximum absolute atomic E-state index is 14.1. The Bertz CT molecular complexity index is 1400. The van der Waals surface area contributed by atoms with E-state index in [1.807, 2.05) is 0 Å². The lowest BCUT2D eigenvalue weighted by Gasteiger charge is -2.07. The first kappa shape index (κ1) is 20.7. The van der Waals surface area contributed by atoms with Crippen LogP contribution in [0.4, 0.5) is 17.6 Å². The molecular weight excluding hydrogens is 440 g/mol. The largest absolute Gasteiger partial charge is 0.434 e. The molecule has 3 heterocycles. The lowest BCUT2D eigenvalue weighted by atomic mass is 10.1. The van der Waals surface area contributed by atoms with Crippen molar-refractivity contribution in [1.29, 1.82) is 0 Å². The second-order valence-corrected chi connectivity index (χ2v) is 7.09. The van der Waals surface area contributed by atoms with Crippen LogP contribution in [-0.4, -0.2) is 26.3 Å². The maximum Gasteiger partial charge on any atom is 0.387 e. The molecule has 0 aliphatic carbocycles. The number of rotatable bonds is 6. The molecule has 0 N–H and O–H groups in total. The summed E-state index contributed by atoms with van der Waals surface area (Å²) in [6.45, 7) is -2.70. The zero-order valence-electron chi connectivity index (χ0n) is 16.8. The fourth-order valence-electron chi connectivity index (χ4n) is 3.42. The van der Waals surface area contributed by atoms with Crippen LogP contribution in [0.15, 0.2) is 71.5 Å². The highest BCUT2D eigenvalue weighted by Crippen LogP contribution is 2.31. The molecule has 0 fully saturated rings. The van der Waals surface area contributed by atoms with Crippen LogP contribution >= 0.6 is 0 Å². The van der Waals surface area contributed by atoms with Gasteiger partial charge in [-0.15, -0.1) is 0 Å². The highest BCUT2D eigenvalue weighted by Gasteiger charge is 2.18. The minimum absolute atomic E-state index is 0.00871. The van der Waals surface area contributed by atoms with E-state index in [1.54, 1.807) is 47.3 Å². The Morgan fingerprint density at radius 3 is 2.55 bits per heavy atom. The van der Waals surface area contributed by atoms with Crippen LogP contribution in [0.3, 0.4) is 0 Å². The van der Waals surface area contributed by atoms with Gasteiger partial charge in [0.1, 0.15) is 17.1 Å². The third-order valence-corrected chi connectivity index (χ3v) is 4.90. The Balaban J connectivity index is 1.41. The number of ether oxygens (including phenoxy) is 1. The molecule has 0 bridgehead atoms. The Morgan fingerprint density at radius 1 is 0.909 bits per heavy atom. The van der Waals surface area contributed by atoms with E-state index in [0.29, 0.717) is 28.4 Å². The van der Waals surface area contributed by atoms with Gasteiger partial charge in [0.05, 0.1) is 17.8 Å². The number of hydrogen-bond acceptors (Lipinski definition) is 5. The summed E-state index contributed by atoms with van der Waals surface area (Å²) >= 11 is 0. The van der Waals surface area contributed by atoms with Gasteiger partial charge in [0.2, 0.25) is 0 Å². The van der Waals surface area contributed by atoms with Crippen molar-refractivity contribution in [3.63, 3.8) is 0 Å². The molecule has 0 saturated heterocycles. The average molecular weight is 454 g/mol. The van der Waals surface area contributed by atoms with Gasteiger partial charge in [-0.2, -0.15) is 8.78 Å². The number of benzene rings is 2. The summed E-state index contributed by atoms with van der Waals surface area (Å²) in [6, 6.07) is 13.4. The second kappa shape index (κ2) is 8.38. The summed E-state index contributed by atoms with van der Waals surface area (Å²) in [5.74, 6) is -1.45. The van der Waals surface area contributed by atoms with Crippen LogP contribution in [0.5, 0.6) is 5.75 Å². The fraction of sp³-hybridized carbons (Fsp3) is 0.0870. The molecule has 1 aromatic heterocycles. The Kier molecular flexibility index (Phi) is 5.25. The highest BCUT2D eigenvalue weighted by molar-refractivity contribution is 5.67. The summed E-state index contributed by atoms with van der Waals surface area (Å²) < 4.78 is 64.6. The van der Waals surface area contributed by atoms with E-state index in [4.69, 9.17) is 4.52 Å². The highest BCUT2D eigenvalue weighted by atomic mass is 19.3. The van der Waals surface area contributed by atoms with Gasteiger partial charge in [0.15, 0.2) is 23.2 Å². The Hall–Kier alpha value is -4.21. The van der Waals surface area contributed by atoms with Gasteiger partial charge in [-0.25, -0.2) is 18.7 Å². The molecule has 2 aliphatic rings. The summed E-state index contributed by atoms with van der Waals surface area (Å²) in [7, 11) is 0. The maximum atomic E-state index is 14.1. The van der Waals surface area contributed by atoms with Crippen molar-refractivity contribution < 1.29 is 26.8 Å². The molecule has 0 amide bonds. The van der Waals surface area contributed by atoms with Crippen LogP contribution in [0.1, 0.15) is 5.76 Å². The van der Waals surface area contributed by atoms with Crippen molar-refractivity contribution >= 4 is 0 Å². The molecule has 3 aromatic rings. The van der Waals surface area contributed by atoms with E-state index in [1.165, 1.54) is 18.2 Å². The SMILES string of the molecule is Fc1cccc(-c2nc3ccn(Cc4cc(-c5ccccc5OC(F)F)no4)cc-3n2)c1F. The molecule has 2 aliphatic heterocycles. The van der Waals surface area contributed by atoms with E-state index in [9.17, 15) is 17.6 Å². The number of imidazole rings is 1. The minimum atomic E-state index is -2.96. The van der Waals surface area contributed by atoms with Crippen molar-refractivity contribution in [3.8, 4) is 39.8 Å². The van der Waals surface area contributed by atoms with Crippen LogP contribution in [0.25, 0.3) is 34.0 Å². The van der Waals surface area contributed by atoms with Gasteiger partial charge in [-0.3, -0.25) is 0 Å². The smallest absolute Gasteiger partial charge is 0.387 e. The van der Waals surface area contributed by atoms with Crippen molar-refractivity contribution in [1.82, 2.24) is 19.7 Å². The third-order valence-electron chi connectivity index (χ3n) is 4.90. The Labute approximate surface area is 184 Å². The first-order valence-corrected chi connectivity index (χ1v) is 9.75. The number of halogens is 4. The Morgan fingerprint density at radius 2 is 1.70 bits per heavy atom. The molecule has 10 heteroatoms. The molecule has 0 saturated carbocycles. The van der Waals surface area contributed by atoms with E-state index < -0.39 is 18.2 Å². The van der Waals surface area contributed by atoms with E-state index in [0.717, 1.165) is 6.07 Å². The number of aromatic nitrogens is 4. The minimum Gasteiger partial charge on any atom is -0.434 e. The van der Waals surface area contributed by atoms with Crippen molar-refractivity contribution in [2.45, 2.75) is 13.2 Å². The lowest BCUT2D eigenvalue weighted by Crippen LogP contribution is -2.03. The molecule has 2 aromatic carbocycles. The van der Waals surface area contributed by atoms with Gasteiger partial charge >= 0.3 is 6.61 Å².